The van der Waals surface area contributed by atoms with Gasteiger partial charge in [0.15, 0.2) is 0 Å². The maximum Gasteiger partial charge on any atom is 0.294 e. The van der Waals surface area contributed by atoms with Crippen molar-refractivity contribution in [1.29, 1.82) is 0 Å². The Kier molecular flexibility index (Phi) is 5.99. The Hall–Kier alpha value is -2.46. The molecule has 1 aliphatic heterocycles. The Morgan fingerprint density at radius 3 is 2.07 bits per heavy atom. The molecule has 4 nitrogen and oxygen atoms in total. The highest BCUT2D eigenvalue weighted by Gasteiger charge is 2.31. The smallest absolute Gasteiger partial charge is 0.294 e. The summed E-state index contributed by atoms with van der Waals surface area (Å²) in [6, 6.07) is 16.9. The maximum atomic E-state index is 12.6. The molecule has 0 aliphatic carbocycles. The molecule has 0 spiro atoms. The average Bonchev–Trinajstić information content (AvgIpc) is 2.72. The van der Waals surface area contributed by atoms with Crippen LogP contribution < -0.4 is 0 Å². The number of benzene rings is 2. The molecule has 0 aromatic heterocycles. The second-order valence-electron chi connectivity index (χ2n) is 8.64. The van der Waals surface area contributed by atoms with Gasteiger partial charge in [-0.05, 0) is 35.3 Å². The van der Waals surface area contributed by atoms with E-state index < -0.39 is 17.8 Å². The van der Waals surface area contributed by atoms with Crippen LogP contribution in [-0.2, 0) is 10.2 Å². The minimum absolute atomic E-state index is 0.00700. The SMILES string of the molecule is CC(C)(C)c1ccc(C(=O)C(=O)N2CCC(C(O)c3ccccc3)CC2)cc1. The third kappa shape index (κ3) is 4.50. The zero-order chi connectivity index (χ0) is 20.3. The molecule has 0 bridgehead atoms. The molecule has 0 saturated carbocycles. The molecular weight excluding hydrogens is 350 g/mol. The number of hydrogen-bond acceptors (Lipinski definition) is 3. The van der Waals surface area contributed by atoms with Gasteiger partial charge in [-0.2, -0.15) is 0 Å². The van der Waals surface area contributed by atoms with Gasteiger partial charge in [0.1, 0.15) is 0 Å². The summed E-state index contributed by atoms with van der Waals surface area (Å²) in [4.78, 5) is 26.9. The van der Waals surface area contributed by atoms with Crippen molar-refractivity contribution in [2.45, 2.75) is 45.1 Å². The summed E-state index contributed by atoms with van der Waals surface area (Å²) in [6.07, 6.45) is 0.856. The van der Waals surface area contributed by atoms with Crippen molar-refractivity contribution in [1.82, 2.24) is 4.90 Å². The molecular formula is C24H29NO3. The monoisotopic (exact) mass is 379 g/mol. The highest BCUT2D eigenvalue weighted by Crippen LogP contribution is 2.31. The Bertz CT molecular complexity index is 813. The number of nitrogens with zero attached hydrogens (tertiary/aromatic N) is 1. The van der Waals surface area contributed by atoms with Crippen molar-refractivity contribution in [2.75, 3.05) is 13.1 Å². The van der Waals surface area contributed by atoms with Gasteiger partial charge in [-0.25, -0.2) is 0 Å². The topological polar surface area (TPSA) is 57.6 Å². The molecule has 1 unspecified atom stereocenters. The number of piperidine rings is 1. The number of carbonyl (C=O) groups excluding carboxylic acids is 2. The highest BCUT2D eigenvalue weighted by atomic mass is 16.3. The zero-order valence-electron chi connectivity index (χ0n) is 16.9. The highest BCUT2D eigenvalue weighted by molar-refractivity contribution is 6.42. The fourth-order valence-corrected chi connectivity index (χ4v) is 3.73. The van der Waals surface area contributed by atoms with Crippen LogP contribution in [-0.4, -0.2) is 34.8 Å². The molecule has 4 heteroatoms. The second-order valence-corrected chi connectivity index (χ2v) is 8.64. The van der Waals surface area contributed by atoms with Crippen molar-refractivity contribution >= 4 is 11.7 Å². The summed E-state index contributed by atoms with van der Waals surface area (Å²) < 4.78 is 0. The van der Waals surface area contributed by atoms with Crippen LogP contribution in [0.1, 0.15) is 61.2 Å². The first-order valence-corrected chi connectivity index (χ1v) is 9.94. The average molecular weight is 380 g/mol. The fourth-order valence-electron chi connectivity index (χ4n) is 3.73. The predicted molar refractivity (Wildman–Crippen MR) is 110 cm³/mol. The molecule has 2 aromatic rings. The lowest BCUT2D eigenvalue weighted by Gasteiger charge is -2.34. The van der Waals surface area contributed by atoms with Crippen LogP contribution in [0.2, 0.25) is 0 Å². The van der Waals surface area contributed by atoms with Gasteiger partial charge in [0.2, 0.25) is 5.78 Å². The molecule has 1 fully saturated rings. The summed E-state index contributed by atoms with van der Waals surface area (Å²) in [5.41, 5.74) is 2.48. The minimum Gasteiger partial charge on any atom is -0.388 e. The first-order chi connectivity index (χ1) is 13.3. The standard InChI is InChI=1S/C24H29NO3/c1-24(2,3)20-11-9-18(10-12-20)22(27)23(28)25-15-13-19(14-16-25)21(26)17-7-5-4-6-8-17/h4-12,19,21,26H,13-16H2,1-3H3. The quantitative estimate of drug-likeness (QED) is 0.642. The van der Waals surface area contributed by atoms with E-state index in [1.807, 2.05) is 42.5 Å². The summed E-state index contributed by atoms with van der Waals surface area (Å²) in [5, 5.41) is 10.6. The number of aliphatic hydroxyl groups is 1. The van der Waals surface area contributed by atoms with Gasteiger partial charge in [-0.3, -0.25) is 9.59 Å². The lowest BCUT2D eigenvalue weighted by molar-refractivity contribution is -0.128. The van der Waals surface area contributed by atoms with E-state index in [0.717, 1.165) is 11.1 Å². The first-order valence-electron chi connectivity index (χ1n) is 9.94. The maximum absolute atomic E-state index is 12.6. The van der Waals surface area contributed by atoms with Gasteiger partial charge in [0.05, 0.1) is 6.10 Å². The van der Waals surface area contributed by atoms with Gasteiger partial charge in [0, 0.05) is 18.7 Å². The van der Waals surface area contributed by atoms with Crippen LogP contribution in [0.4, 0.5) is 0 Å². The van der Waals surface area contributed by atoms with Crippen molar-refractivity contribution in [3.63, 3.8) is 0 Å². The first kappa shape index (κ1) is 20.3. The molecule has 1 N–H and O–H groups in total. The van der Waals surface area contributed by atoms with Gasteiger partial charge in [-0.15, -0.1) is 0 Å². The number of likely N-dealkylation sites (tertiary alicyclic amines) is 1. The fraction of sp³-hybridized carbons (Fsp3) is 0.417. The van der Waals surface area contributed by atoms with E-state index in [1.54, 1.807) is 17.0 Å². The number of ketones is 1. The summed E-state index contributed by atoms with van der Waals surface area (Å²) in [6.45, 7) is 7.34. The number of aliphatic hydroxyl groups excluding tert-OH is 1. The van der Waals surface area contributed by atoms with Gasteiger partial charge in [-0.1, -0.05) is 75.4 Å². The van der Waals surface area contributed by atoms with Crippen LogP contribution in [0, 0.1) is 5.92 Å². The van der Waals surface area contributed by atoms with E-state index in [2.05, 4.69) is 20.8 Å². The number of hydrogen-bond donors (Lipinski definition) is 1. The number of carbonyl (C=O) groups is 2. The van der Waals surface area contributed by atoms with Crippen molar-refractivity contribution in [3.8, 4) is 0 Å². The van der Waals surface area contributed by atoms with Crippen LogP contribution >= 0.6 is 0 Å². The third-order valence-electron chi connectivity index (χ3n) is 5.62. The molecule has 1 heterocycles. The molecule has 28 heavy (non-hydrogen) atoms. The van der Waals surface area contributed by atoms with E-state index >= 15 is 0 Å². The van der Waals surface area contributed by atoms with E-state index in [4.69, 9.17) is 0 Å². The second kappa shape index (κ2) is 8.27. The number of amides is 1. The zero-order valence-corrected chi connectivity index (χ0v) is 16.9. The Labute approximate surface area is 167 Å². The molecule has 3 rings (SSSR count). The molecule has 0 radical (unpaired) electrons. The number of rotatable bonds is 4. The van der Waals surface area contributed by atoms with Gasteiger partial charge >= 0.3 is 0 Å². The molecule has 148 valence electrons. The van der Waals surface area contributed by atoms with Gasteiger partial charge in [0.25, 0.3) is 5.91 Å². The Morgan fingerprint density at radius 1 is 0.964 bits per heavy atom. The van der Waals surface area contributed by atoms with Crippen LogP contribution in [0.15, 0.2) is 54.6 Å². The summed E-state index contributed by atoms with van der Waals surface area (Å²) in [7, 11) is 0. The van der Waals surface area contributed by atoms with E-state index in [-0.39, 0.29) is 11.3 Å². The Morgan fingerprint density at radius 2 is 1.54 bits per heavy atom. The molecule has 1 saturated heterocycles. The van der Waals surface area contributed by atoms with Crippen molar-refractivity contribution in [3.05, 3.63) is 71.3 Å². The van der Waals surface area contributed by atoms with Crippen LogP contribution in [0.25, 0.3) is 0 Å². The van der Waals surface area contributed by atoms with E-state index in [0.29, 0.717) is 31.5 Å². The van der Waals surface area contributed by atoms with Gasteiger partial charge < -0.3 is 10.0 Å². The lowest BCUT2D eigenvalue weighted by atomic mass is 9.86. The van der Waals surface area contributed by atoms with Crippen molar-refractivity contribution < 1.29 is 14.7 Å². The largest absolute Gasteiger partial charge is 0.388 e. The molecule has 2 aromatic carbocycles. The van der Waals surface area contributed by atoms with Crippen molar-refractivity contribution in [2.24, 2.45) is 5.92 Å². The summed E-state index contributed by atoms with van der Waals surface area (Å²) in [5.74, 6) is -0.800. The molecule has 1 atom stereocenters. The third-order valence-corrected chi connectivity index (χ3v) is 5.62. The minimum atomic E-state index is -0.529. The molecule has 1 aliphatic rings. The van der Waals surface area contributed by atoms with E-state index in [1.165, 1.54) is 0 Å². The Balaban J connectivity index is 1.59. The normalized spacial score (nSPS) is 16.6. The van der Waals surface area contributed by atoms with E-state index in [9.17, 15) is 14.7 Å². The lowest BCUT2D eigenvalue weighted by Crippen LogP contribution is -2.43. The number of Topliss-reactive ketones (excluding diaryl/α,β-unsaturated/α-hetero) is 1. The molecule has 1 amide bonds. The predicted octanol–water partition coefficient (Wildman–Crippen LogP) is 4.14. The van der Waals surface area contributed by atoms with Crippen LogP contribution in [0.5, 0.6) is 0 Å². The summed E-state index contributed by atoms with van der Waals surface area (Å²) >= 11 is 0. The van der Waals surface area contributed by atoms with Crippen LogP contribution in [0.3, 0.4) is 0 Å².